The molecule has 120 valence electrons. The summed E-state index contributed by atoms with van der Waals surface area (Å²) in [5.41, 5.74) is 0.784. The van der Waals surface area contributed by atoms with Crippen molar-refractivity contribution in [3.63, 3.8) is 0 Å². The number of cyclic esters (lactones) is 1. The normalized spacial score (nSPS) is 20.8. The third-order valence-electron chi connectivity index (χ3n) is 3.71. The van der Waals surface area contributed by atoms with Crippen LogP contribution in [0.2, 0.25) is 0 Å². The van der Waals surface area contributed by atoms with E-state index in [0.717, 1.165) is 5.56 Å². The van der Waals surface area contributed by atoms with Gasteiger partial charge in [-0.3, -0.25) is 4.79 Å². The van der Waals surface area contributed by atoms with Crippen LogP contribution in [0.15, 0.2) is 12.1 Å². The molecule has 0 amide bonds. The second kappa shape index (κ2) is 6.41. The maximum absolute atomic E-state index is 11.4. The molecular weight excluding hydrogens is 292 g/mol. The molecule has 0 bridgehead atoms. The van der Waals surface area contributed by atoms with Gasteiger partial charge >= 0.3 is 5.97 Å². The molecule has 7 nitrogen and oxygen atoms in total. The van der Waals surface area contributed by atoms with E-state index < -0.39 is 6.10 Å². The van der Waals surface area contributed by atoms with Crippen LogP contribution in [0.1, 0.15) is 18.1 Å². The number of carbonyl (C=O) groups is 1. The average molecular weight is 310 g/mol. The van der Waals surface area contributed by atoms with Gasteiger partial charge in [0.1, 0.15) is 12.5 Å². The van der Waals surface area contributed by atoms with Crippen molar-refractivity contribution in [2.75, 3.05) is 34.4 Å². The zero-order chi connectivity index (χ0) is 15.5. The molecule has 1 fully saturated rings. The second-order valence-corrected chi connectivity index (χ2v) is 5.09. The van der Waals surface area contributed by atoms with Crippen LogP contribution < -0.4 is 14.2 Å². The lowest BCUT2D eigenvalue weighted by molar-refractivity contribution is -0.137. The fourth-order valence-electron chi connectivity index (χ4n) is 2.69. The molecule has 0 unspecified atom stereocenters. The Hall–Kier alpha value is -1.99. The zero-order valence-corrected chi connectivity index (χ0v) is 12.5. The van der Waals surface area contributed by atoms with Crippen LogP contribution in [0.5, 0.6) is 17.2 Å². The van der Waals surface area contributed by atoms with Crippen molar-refractivity contribution in [3.05, 3.63) is 17.7 Å². The first kappa shape index (κ1) is 14.9. The highest BCUT2D eigenvalue weighted by Gasteiger charge is 2.35. The second-order valence-electron chi connectivity index (χ2n) is 5.09. The summed E-state index contributed by atoms with van der Waals surface area (Å²) in [5.74, 6) is 1.55. The third kappa shape index (κ3) is 2.82. The first-order valence-electron chi connectivity index (χ1n) is 6.96. The quantitative estimate of drug-likeness (QED) is 0.584. The van der Waals surface area contributed by atoms with Gasteiger partial charge in [0.2, 0.25) is 6.79 Å². The molecule has 2 aliphatic rings. The van der Waals surface area contributed by atoms with Crippen LogP contribution in [-0.4, -0.2) is 40.4 Å². The van der Waals surface area contributed by atoms with Crippen LogP contribution in [0.3, 0.4) is 0 Å². The van der Waals surface area contributed by atoms with Gasteiger partial charge in [-0.2, -0.15) is 0 Å². The third-order valence-corrected chi connectivity index (χ3v) is 3.71. The molecule has 0 N–H and O–H groups in total. The Bertz CT molecular complexity index is 557. The molecule has 2 atom stereocenters. The smallest absolute Gasteiger partial charge is 0.306 e. The Balaban J connectivity index is 1.94. The van der Waals surface area contributed by atoms with E-state index in [-0.39, 0.29) is 25.5 Å². The Labute approximate surface area is 128 Å². The Morgan fingerprint density at radius 3 is 2.64 bits per heavy atom. The molecule has 2 heterocycles. The van der Waals surface area contributed by atoms with Gasteiger partial charge in [-0.05, 0) is 6.07 Å². The molecule has 0 radical (unpaired) electrons. The van der Waals surface area contributed by atoms with Gasteiger partial charge in [-0.15, -0.1) is 0 Å². The molecule has 0 aliphatic carbocycles. The zero-order valence-electron chi connectivity index (χ0n) is 12.5. The van der Waals surface area contributed by atoms with E-state index in [9.17, 15) is 4.79 Å². The van der Waals surface area contributed by atoms with E-state index in [1.807, 2.05) is 6.07 Å². The van der Waals surface area contributed by atoms with Crippen molar-refractivity contribution in [1.82, 2.24) is 0 Å². The van der Waals surface area contributed by atoms with Crippen LogP contribution in [0.25, 0.3) is 0 Å². The fourth-order valence-corrected chi connectivity index (χ4v) is 2.69. The number of hydrogen-bond donors (Lipinski definition) is 0. The van der Waals surface area contributed by atoms with Crippen molar-refractivity contribution in [1.29, 1.82) is 0 Å². The predicted molar refractivity (Wildman–Crippen MR) is 73.9 cm³/mol. The minimum Gasteiger partial charge on any atom is -0.496 e. The summed E-state index contributed by atoms with van der Waals surface area (Å²) in [7, 11) is 3.12. The van der Waals surface area contributed by atoms with E-state index in [4.69, 9.17) is 28.4 Å². The largest absolute Gasteiger partial charge is 0.496 e. The van der Waals surface area contributed by atoms with Crippen molar-refractivity contribution >= 4 is 5.97 Å². The molecule has 1 aromatic rings. The van der Waals surface area contributed by atoms with Gasteiger partial charge in [-0.1, -0.05) is 0 Å². The highest BCUT2D eigenvalue weighted by Crippen LogP contribution is 2.44. The Morgan fingerprint density at radius 1 is 1.23 bits per heavy atom. The monoisotopic (exact) mass is 310 g/mol. The first-order chi connectivity index (χ1) is 10.7. The summed E-state index contributed by atoms with van der Waals surface area (Å²) in [6.07, 6.45) is -0.0951. The summed E-state index contributed by atoms with van der Waals surface area (Å²) in [4.78, 5) is 11.4. The SMILES string of the molecule is COCO[C@H](c1cc2c(cc1OC)OCO2)[C@H]1COC(=O)C1. The first-order valence-corrected chi connectivity index (χ1v) is 6.96. The van der Waals surface area contributed by atoms with Crippen molar-refractivity contribution in [2.45, 2.75) is 12.5 Å². The van der Waals surface area contributed by atoms with Crippen LogP contribution in [0, 0.1) is 5.92 Å². The van der Waals surface area contributed by atoms with Crippen molar-refractivity contribution < 1.29 is 33.2 Å². The summed E-state index contributed by atoms with van der Waals surface area (Å²) >= 11 is 0. The average Bonchev–Trinajstić information content (AvgIpc) is 3.15. The van der Waals surface area contributed by atoms with Crippen LogP contribution >= 0.6 is 0 Å². The maximum atomic E-state index is 11.4. The van der Waals surface area contributed by atoms with E-state index in [0.29, 0.717) is 30.3 Å². The standard InChI is InChI=1S/C15H18O7/c1-17-7-22-15(9-3-14(16)19-6-9)10-4-12-13(21-8-20-12)5-11(10)18-2/h4-5,9,15H,3,6-8H2,1-2H3/t9-,15+/m1/s1. The number of carbonyl (C=O) groups excluding carboxylic acids is 1. The number of benzene rings is 1. The van der Waals surface area contributed by atoms with Crippen LogP contribution in [0.4, 0.5) is 0 Å². The van der Waals surface area contributed by atoms with Crippen LogP contribution in [-0.2, 0) is 19.0 Å². The van der Waals surface area contributed by atoms with Crippen molar-refractivity contribution in [2.24, 2.45) is 5.92 Å². The highest BCUT2D eigenvalue weighted by atomic mass is 16.7. The lowest BCUT2D eigenvalue weighted by atomic mass is 9.93. The fraction of sp³-hybridized carbons (Fsp3) is 0.533. The molecule has 1 saturated heterocycles. The lowest BCUT2D eigenvalue weighted by Crippen LogP contribution is -2.18. The molecule has 7 heteroatoms. The summed E-state index contributed by atoms with van der Waals surface area (Å²) in [6, 6.07) is 3.59. The Kier molecular flexibility index (Phi) is 4.35. The van der Waals surface area contributed by atoms with Gasteiger partial charge in [0.05, 0.1) is 26.2 Å². The van der Waals surface area contributed by atoms with Gasteiger partial charge < -0.3 is 28.4 Å². The van der Waals surface area contributed by atoms with Gasteiger partial charge in [0, 0.05) is 24.7 Å². The number of rotatable bonds is 6. The molecule has 0 saturated carbocycles. The van der Waals surface area contributed by atoms with Gasteiger partial charge in [0.25, 0.3) is 0 Å². The lowest BCUT2D eigenvalue weighted by Gasteiger charge is -2.24. The number of ether oxygens (including phenoxy) is 6. The molecular formula is C15H18O7. The topological polar surface area (TPSA) is 72.5 Å². The molecule has 1 aromatic carbocycles. The molecule has 2 aliphatic heterocycles. The van der Waals surface area contributed by atoms with Gasteiger partial charge in [-0.25, -0.2) is 0 Å². The van der Waals surface area contributed by atoms with E-state index in [1.54, 1.807) is 20.3 Å². The highest BCUT2D eigenvalue weighted by molar-refractivity contribution is 5.71. The number of methoxy groups -OCH3 is 2. The molecule has 22 heavy (non-hydrogen) atoms. The maximum Gasteiger partial charge on any atom is 0.306 e. The molecule has 0 spiro atoms. The number of esters is 1. The Morgan fingerprint density at radius 2 is 2.00 bits per heavy atom. The summed E-state index contributed by atoms with van der Waals surface area (Å²) in [6.45, 7) is 0.592. The predicted octanol–water partition coefficient (Wildman–Crippen LogP) is 1.65. The summed E-state index contributed by atoms with van der Waals surface area (Å²) < 4.78 is 32.0. The van der Waals surface area contributed by atoms with Crippen molar-refractivity contribution in [3.8, 4) is 17.2 Å². The molecule has 0 aromatic heterocycles. The summed E-state index contributed by atoms with van der Waals surface area (Å²) in [5, 5.41) is 0. The minimum atomic E-state index is -0.393. The number of hydrogen-bond acceptors (Lipinski definition) is 7. The minimum absolute atomic E-state index is 0.100. The van der Waals surface area contributed by atoms with E-state index >= 15 is 0 Å². The number of fused-ring (bicyclic) bond motifs is 1. The van der Waals surface area contributed by atoms with E-state index in [2.05, 4.69) is 0 Å². The van der Waals surface area contributed by atoms with Gasteiger partial charge in [0.15, 0.2) is 11.5 Å². The molecule has 3 rings (SSSR count). The van der Waals surface area contributed by atoms with E-state index in [1.165, 1.54) is 0 Å².